The first kappa shape index (κ1) is 16.7. The van der Waals surface area contributed by atoms with E-state index in [1.165, 1.54) is 23.9 Å². The number of hydrogen-bond donors (Lipinski definition) is 1. The second-order valence-electron chi connectivity index (χ2n) is 5.78. The van der Waals surface area contributed by atoms with Gasteiger partial charge in [0, 0.05) is 37.6 Å². The molecule has 0 unspecified atom stereocenters. The predicted octanol–water partition coefficient (Wildman–Crippen LogP) is 3.24. The largest absolute Gasteiger partial charge is 0.369 e. The number of nitrogens with zero attached hydrogens (tertiary/aromatic N) is 2. The summed E-state index contributed by atoms with van der Waals surface area (Å²) < 4.78 is 13.1. The standard InChI is InChI=1S/C18H19ClFN3O/c19-16-12-14(6-7-17(16)20)21-18(24)13-22-8-10-23(11-9-22)15-4-2-1-3-5-15/h1-7,12H,8-11,13H2,(H,21,24). The zero-order chi connectivity index (χ0) is 16.9. The Bertz CT molecular complexity index is 703. The van der Waals surface area contributed by atoms with Crippen molar-refractivity contribution in [3.63, 3.8) is 0 Å². The summed E-state index contributed by atoms with van der Waals surface area (Å²) in [5.74, 6) is -0.613. The lowest BCUT2D eigenvalue weighted by molar-refractivity contribution is -0.117. The van der Waals surface area contributed by atoms with Crippen LogP contribution in [-0.2, 0) is 4.79 Å². The van der Waals surface area contributed by atoms with Crippen LogP contribution in [0.1, 0.15) is 0 Å². The molecule has 2 aromatic rings. The summed E-state index contributed by atoms with van der Waals surface area (Å²) in [5, 5.41) is 2.76. The van der Waals surface area contributed by atoms with Crippen LogP contribution in [0.15, 0.2) is 48.5 Å². The van der Waals surface area contributed by atoms with Crippen molar-refractivity contribution in [1.82, 2.24) is 4.90 Å². The Hall–Kier alpha value is -2.11. The predicted molar refractivity (Wildman–Crippen MR) is 95.1 cm³/mol. The van der Waals surface area contributed by atoms with Gasteiger partial charge in [-0.2, -0.15) is 0 Å². The molecule has 1 heterocycles. The number of rotatable bonds is 4. The summed E-state index contributed by atoms with van der Waals surface area (Å²) >= 11 is 5.72. The topological polar surface area (TPSA) is 35.6 Å². The molecule has 1 N–H and O–H groups in total. The first-order valence-electron chi connectivity index (χ1n) is 7.89. The number of halogens is 2. The number of amides is 1. The van der Waals surface area contributed by atoms with Crippen molar-refractivity contribution >= 4 is 28.9 Å². The Morgan fingerprint density at radius 3 is 2.46 bits per heavy atom. The molecule has 1 fully saturated rings. The van der Waals surface area contributed by atoms with E-state index in [1.54, 1.807) is 0 Å². The molecule has 0 bridgehead atoms. The second-order valence-corrected chi connectivity index (χ2v) is 6.18. The van der Waals surface area contributed by atoms with E-state index in [2.05, 4.69) is 27.2 Å². The van der Waals surface area contributed by atoms with E-state index in [0.717, 1.165) is 26.2 Å². The second kappa shape index (κ2) is 7.64. The number of benzene rings is 2. The van der Waals surface area contributed by atoms with Gasteiger partial charge in [-0.25, -0.2) is 4.39 Å². The van der Waals surface area contributed by atoms with E-state index < -0.39 is 5.82 Å². The fourth-order valence-electron chi connectivity index (χ4n) is 2.78. The highest BCUT2D eigenvalue weighted by molar-refractivity contribution is 6.31. The number of piperazine rings is 1. The first-order valence-corrected chi connectivity index (χ1v) is 8.27. The lowest BCUT2D eigenvalue weighted by Gasteiger charge is -2.35. The average molecular weight is 348 g/mol. The Morgan fingerprint density at radius 2 is 1.79 bits per heavy atom. The van der Waals surface area contributed by atoms with E-state index in [0.29, 0.717) is 12.2 Å². The van der Waals surface area contributed by atoms with Crippen molar-refractivity contribution in [3.05, 3.63) is 59.4 Å². The molecule has 1 saturated heterocycles. The van der Waals surface area contributed by atoms with E-state index in [9.17, 15) is 9.18 Å². The zero-order valence-electron chi connectivity index (χ0n) is 13.2. The highest BCUT2D eigenvalue weighted by atomic mass is 35.5. The summed E-state index contributed by atoms with van der Waals surface area (Å²) in [7, 11) is 0. The molecule has 126 valence electrons. The normalized spacial score (nSPS) is 15.3. The average Bonchev–Trinajstić information content (AvgIpc) is 2.59. The van der Waals surface area contributed by atoms with E-state index in [4.69, 9.17) is 11.6 Å². The van der Waals surface area contributed by atoms with Crippen molar-refractivity contribution < 1.29 is 9.18 Å². The maximum Gasteiger partial charge on any atom is 0.238 e. The van der Waals surface area contributed by atoms with Gasteiger partial charge in [0.25, 0.3) is 0 Å². The summed E-state index contributed by atoms with van der Waals surface area (Å²) in [4.78, 5) is 16.5. The van der Waals surface area contributed by atoms with Crippen LogP contribution in [0.4, 0.5) is 15.8 Å². The molecule has 24 heavy (non-hydrogen) atoms. The van der Waals surface area contributed by atoms with Gasteiger partial charge in [-0.1, -0.05) is 29.8 Å². The van der Waals surface area contributed by atoms with Crippen molar-refractivity contribution in [2.75, 3.05) is 42.9 Å². The van der Waals surface area contributed by atoms with Crippen LogP contribution in [0.25, 0.3) is 0 Å². The van der Waals surface area contributed by atoms with E-state index >= 15 is 0 Å². The van der Waals surface area contributed by atoms with Gasteiger partial charge in [0.1, 0.15) is 5.82 Å². The van der Waals surface area contributed by atoms with Crippen LogP contribution in [0.2, 0.25) is 5.02 Å². The molecule has 6 heteroatoms. The molecule has 0 aromatic heterocycles. The number of anilines is 2. The Balaban J connectivity index is 1.49. The quantitative estimate of drug-likeness (QED) is 0.922. The van der Waals surface area contributed by atoms with Gasteiger partial charge in [-0.05, 0) is 30.3 Å². The van der Waals surface area contributed by atoms with Gasteiger partial charge in [-0.3, -0.25) is 9.69 Å². The molecule has 0 aliphatic carbocycles. The van der Waals surface area contributed by atoms with Gasteiger partial charge >= 0.3 is 0 Å². The summed E-state index contributed by atoms with van der Waals surface area (Å²) in [5.41, 5.74) is 1.72. The third-order valence-electron chi connectivity index (χ3n) is 4.06. The van der Waals surface area contributed by atoms with E-state index in [1.807, 2.05) is 18.2 Å². The number of carbonyl (C=O) groups excluding carboxylic acids is 1. The van der Waals surface area contributed by atoms with Crippen LogP contribution in [0.5, 0.6) is 0 Å². The minimum absolute atomic E-state index is 0.00396. The van der Waals surface area contributed by atoms with Crippen LogP contribution in [-0.4, -0.2) is 43.5 Å². The minimum Gasteiger partial charge on any atom is -0.369 e. The molecule has 0 atom stereocenters. The third kappa shape index (κ3) is 4.24. The summed E-state index contributed by atoms with van der Waals surface area (Å²) in [6.45, 7) is 3.75. The smallest absolute Gasteiger partial charge is 0.238 e. The summed E-state index contributed by atoms with van der Waals surface area (Å²) in [6, 6.07) is 14.4. The number of para-hydroxylation sites is 1. The lowest BCUT2D eigenvalue weighted by Crippen LogP contribution is -2.48. The molecular formula is C18H19ClFN3O. The number of hydrogen-bond acceptors (Lipinski definition) is 3. The van der Waals surface area contributed by atoms with Crippen molar-refractivity contribution in [2.24, 2.45) is 0 Å². The molecular weight excluding hydrogens is 329 g/mol. The van der Waals surface area contributed by atoms with Crippen molar-refractivity contribution in [2.45, 2.75) is 0 Å². The molecule has 2 aromatic carbocycles. The zero-order valence-corrected chi connectivity index (χ0v) is 14.0. The van der Waals surface area contributed by atoms with Crippen LogP contribution >= 0.6 is 11.6 Å². The minimum atomic E-state index is -0.494. The molecule has 3 rings (SSSR count). The van der Waals surface area contributed by atoms with Crippen LogP contribution < -0.4 is 10.2 Å². The number of nitrogens with one attached hydrogen (secondary N) is 1. The molecule has 1 amide bonds. The SMILES string of the molecule is O=C(CN1CCN(c2ccccc2)CC1)Nc1ccc(F)c(Cl)c1. The van der Waals surface area contributed by atoms with Gasteiger partial charge in [0.05, 0.1) is 11.6 Å². The molecule has 4 nitrogen and oxygen atoms in total. The van der Waals surface area contributed by atoms with E-state index in [-0.39, 0.29) is 10.9 Å². The third-order valence-corrected chi connectivity index (χ3v) is 4.35. The highest BCUT2D eigenvalue weighted by Gasteiger charge is 2.19. The fourth-order valence-corrected chi connectivity index (χ4v) is 2.96. The van der Waals surface area contributed by atoms with Crippen LogP contribution in [0.3, 0.4) is 0 Å². The monoisotopic (exact) mass is 347 g/mol. The van der Waals surface area contributed by atoms with Gasteiger partial charge in [0.2, 0.25) is 5.91 Å². The van der Waals surface area contributed by atoms with Crippen LogP contribution in [0, 0.1) is 5.82 Å². The Labute approximate surface area is 145 Å². The van der Waals surface area contributed by atoms with Gasteiger partial charge in [-0.15, -0.1) is 0 Å². The highest BCUT2D eigenvalue weighted by Crippen LogP contribution is 2.19. The summed E-state index contributed by atoms with van der Waals surface area (Å²) in [6.07, 6.45) is 0. The lowest BCUT2D eigenvalue weighted by atomic mass is 10.2. The fraction of sp³-hybridized carbons (Fsp3) is 0.278. The van der Waals surface area contributed by atoms with Gasteiger partial charge in [0.15, 0.2) is 0 Å². The number of carbonyl (C=O) groups is 1. The van der Waals surface area contributed by atoms with Crippen molar-refractivity contribution in [1.29, 1.82) is 0 Å². The molecule has 0 saturated carbocycles. The Kier molecular flexibility index (Phi) is 5.33. The molecule has 1 aliphatic heterocycles. The maximum atomic E-state index is 13.1. The molecule has 1 aliphatic rings. The molecule has 0 spiro atoms. The van der Waals surface area contributed by atoms with Crippen molar-refractivity contribution in [3.8, 4) is 0 Å². The first-order chi connectivity index (χ1) is 11.6. The Morgan fingerprint density at radius 1 is 1.08 bits per heavy atom. The maximum absolute atomic E-state index is 13.1. The van der Waals surface area contributed by atoms with Gasteiger partial charge < -0.3 is 10.2 Å². The molecule has 0 radical (unpaired) electrons.